The lowest BCUT2D eigenvalue weighted by Crippen LogP contribution is -2.35. The van der Waals surface area contributed by atoms with Crippen LogP contribution in [0.1, 0.15) is 52.9 Å². The Hall–Kier alpha value is -1.59. The molecule has 1 aliphatic rings. The van der Waals surface area contributed by atoms with Crippen molar-refractivity contribution in [2.24, 2.45) is 5.92 Å². The molecule has 1 aliphatic heterocycles. The Labute approximate surface area is 120 Å². The highest BCUT2D eigenvalue weighted by atomic mass is 16.2. The average molecular weight is 283 g/mol. The van der Waals surface area contributed by atoms with Crippen LogP contribution in [0.3, 0.4) is 0 Å². The molecule has 1 fully saturated rings. The second-order valence-electron chi connectivity index (χ2n) is 5.85. The van der Waals surface area contributed by atoms with Gasteiger partial charge in [-0.15, -0.1) is 0 Å². The number of amides is 4. The molecule has 2 atom stereocenters. The van der Waals surface area contributed by atoms with Gasteiger partial charge in [0.1, 0.15) is 6.04 Å². The zero-order valence-corrected chi connectivity index (χ0v) is 12.5. The molecule has 0 aromatic rings. The molecule has 0 bridgehead atoms. The molecule has 0 aliphatic carbocycles. The summed E-state index contributed by atoms with van der Waals surface area (Å²) >= 11 is 0. The maximum absolute atomic E-state index is 11.7. The number of imide groups is 1. The fraction of sp³-hybridized carbons (Fsp3) is 0.786. The maximum atomic E-state index is 11.7. The third-order valence-corrected chi connectivity index (χ3v) is 3.34. The van der Waals surface area contributed by atoms with Gasteiger partial charge in [0.25, 0.3) is 5.91 Å². The van der Waals surface area contributed by atoms with Crippen LogP contribution in [0.5, 0.6) is 0 Å². The van der Waals surface area contributed by atoms with Gasteiger partial charge in [0.2, 0.25) is 5.91 Å². The maximum Gasteiger partial charge on any atom is 0.322 e. The van der Waals surface area contributed by atoms with Gasteiger partial charge in [0.15, 0.2) is 0 Å². The monoisotopic (exact) mass is 283 g/mol. The normalized spacial score (nSPS) is 19.7. The van der Waals surface area contributed by atoms with Gasteiger partial charge in [-0.3, -0.25) is 14.9 Å². The summed E-state index contributed by atoms with van der Waals surface area (Å²) in [5.41, 5.74) is 0. The van der Waals surface area contributed by atoms with E-state index in [9.17, 15) is 14.4 Å². The fourth-order valence-electron chi connectivity index (χ4n) is 2.19. The van der Waals surface area contributed by atoms with E-state index in [4.69, 9.17) is 0 Å². The molecule has 6 heteroatoms. The van der Waals surface area contributed by atoms with Crippen molar-refractivity contribution in [3.63, 3.8) is 0 Å². The second kappa shape index (κ2) is 7.87. The summed E-state index contributed by atoms with van der Waals surface area (Å²) in [6.07, 6.45) is 3.80. The summed E-state index contributed by atoms with van der Waals surface area (Å²) in [4.78, 5) is 34.0. The first-order valence-corrected chi connectivity index (χ1v) is 7.29. The van der Waals surface area contributed by atoms with Crippen molar-refractivity contribution in [3.05, 3.63) is 0 Å². The van der Waals surface area contributed by atoms with Gasteiger partial charge in [0.05, 0.1) is 0 Å². The van der Waals surface area contributed by atoms with Crippen molar-refractivity contribution in [2.75, 3.05) is 0 Å². The Morgan fingerprint density at radius 3 is 2.50 bits per heavy atom. The highest BCUT2D eigenvalue weighted by Crippen LogP contribution is 2.09. The first-order valence-electron chi connectivity index (χ1n) is 7.29. The molecule has 0 aromatic heterocycles. The number of carbonyl (C=O) groups excluding carboxylic acids is 3. The lowest BCUT2D eigenvalue weighted by atomic mass is 10.0. The minimum Gasteiger partial charge on any atom is -0.354 e. The quantitative estimate of drug-likeness (QED) is 0.587. The van der Waals surface area contributed by atoms with Crippen LogP contribution in [0.15, 0.2) is 0 Å². The van der Waals surface area contributed by atoms with Crippen LogP contribution < -0.4 is 16.0 Å². The van der Waals surface area contributed by atoms with Crippen LogP contribution >= 0.6 is 0 Å². The van der Waals surface area contributed by atoms with Gasteiger partial charge in [0, 0.05) is 12.5 Å². The molecule has 3 N–H and O–H groups in total. The summed E-state index contributed by atoms with van der Waals surface area (Å²) in [6.45, 7) is 6.36. The van der Waals surface area contributed by atoms with E-state index in [0.29, 0.717) is 12.3 Å². The van der Waals surface area contributed by atoms with Gasteiger partial charge in [-0.25, -0.2) is 4.79 Å². The Morgan fingerprint density at radius 2 is 1.95 bits per heavy atom. The SMILES string of the molecule is CC(C)CCC[C@@H](C)NC(=O)CC[C@@H]1NC(=O)NC1=O. The Morgan fingerprint density at radius 1 is 1.25 bits per heavy atom. The van der Waals surface area contributed by atoms with E-state index in [1.807, 2.05) is 6.92 Å². The van der Waals surface area contributed by atoms with E-state index in [1.54, 1.807) is 0 Å². The molecule has 1 saturated heterocycles. The molecular weight excluding hydrogens is 258 g/mol. The lowest BCUT2D eigenvalue weighted by molar-refractivity contribution is -0.122. The van der Waals surface area contributed by atoms with Crippen molar-refractivity contribution >= 4 is 17.8 Å². The molecule has 1 heterocycles. The van der Waals surface area contributed by atoms with Gasteiger partial charge in [-0.05, 0) is 25.7 Å². The highest BCUT2D eigenvalue weighted by molar-refractivity contribution is 6.04. The molecule has 4 amide bonds. The van der Waals surface area contributed by atoms with Crippen LogP contribution in [-0.2, 0) is 9.59 Å². The molecule has 20 heavy (non-hydrogen) atoms. The van der Waals surface area contributed by atoms with Gasteiger partial charge < -0.3 is 10.6 Å². The van der Waals surface area contributed by atoms with Gasteiger partial charge in [-0.2, -0.15) is 0 Å². The first kappa shape index (κ1) is 16.5. The van der Waals surface area contributed by atoms with Crippen molar-refractivity contribution < 1.29 is 14.4 Å². The van der Waals surface area contributed by atoms with Crippen LogP contribution in [0, 0.1) is 5.92 Å². The summed E-state index contributed by atoms with van der Waals surface area (Å²) in [5.74, 6) is 0.256. The zero-order chi connectivity index (χ0) is 15.1. The third-order valence-electron chi connectivity index (χ3n) is 3.34. The average Bonchev–Trinajstić information content (AvgIpc) is 2.64. The Bertz CT molecular complexity index is 369. The van der Waals surface area contributed by atoms with Gasteiger partial charge >= 0.3 is 6.03 Å². The predicted octanol–water partition coefficient (Wildman–Crippen LogP) is 1.31. The van der Waals surface area contributed by atoms with Crippen LogP contribution in [0.4, 0.5) is 4.79 Å². The van der Waals surface area contributed by atoms with Crippen LogP contribution in [-0.4, -0.2) is 29.9 Å². The number of carbonyl (C=O) groups is 3. The molecule has 0 saturated carbocycles. The van der Waals surface area contributed by atoms with Crippen molar-refractivity contribution in [3.8, 4) is 0 Å². The minimum atomic E-state index is -0.579. The summed E-state index contributed by atoms with van der Waals surface area (Å²) in [7, 11) is 0. The Kier molecular flexibility index (Phi) is 6.48. The zero-order valence-electron chi connectivity index (χ0n) is 12.5. The number of hydrogen-bond donors (Lipinski definition) is 3. The van der Waals surface area contributed by atoms with Crippen molar-refractivity contribution in [2.45, 2.75) is 65.0 Å². The van der Waals surface area contributed by atoms with Crippen molar-refractivity contribution in [1.82, 2.24) is 16.0 Å². The second-order valence-corrected chi connectivity index (χ2v) is 5.85. The van der Waals surface area contributed by atoms with E-state index in [-0.39, 0.29) is 24.3 Å². The highest BCUT2D eigenvalue weighted by Gasteiger charge is 2.29. The molecule has 0 aromatic carbocycles. The Balaban J connectivity index is 2.16. The summed E-state index contributed by atoms with van der Waals surface area (Å²) in [6, 6.07) is -0.916. The first-order chi connectivity index (χ1) is 9.38. The molecule has 0 unspecified atom stereocenters. The number of nitrogens with one attached hydrogen (secondary N) is 3. The predicted molar refractivity (Wildman–Crippen MR) is 76.0 cm³/mol. The molecule has 0 radical (unpaired) electrons. The molecule has 1 rings (SSSR count). The van der Waals surface area contributed by atoms with E-state index >= 15 is 0 Å². The summed E-state index contributed by atoms with van der Waals surface area (Å²) < 4.78 is 0. The molecule has 114 valence electrons. The van der Waals surface area contributed by atoms with E-state index in [2.05, 4.69) is 29.8 Å². The smallest absolute Gasteiger partial charge is 0.322 e. The fourth-order valence-corrected chi connectivity index (χ4v) is 2.19. The lowest BCUT2D eigenvalue weighted by Gasteiger charge is -2.15. The number of urea groups is 1. The van der Waals surface area contributed by atoms with E-state index in [0.717, 1.165) is 19.3 Å². The molecular formula is C14H25N3O3. The number of hydrogen-bond acceptors (Lipinski definition) is 3. The van der Waals surface area contributed by atoms with Crippen LogP contribution in [0.25, 0.3) is 0 Å². The summed E-state index contributed by atoms with van der Waals surface area (Å²) in [5, 5.41) is 7.55. The van der Waals surface area contributed by atoms with E-state index in [1.165, 1.54) is 0 Å². The van der Waals surface area contributed by atoms with Gasteiger partial charge in [-0.1, -0.05) is 26.7 Å². The minimum absolute atomic E-state index is 0.0732. The standard InChI is InChI=1S/C14H25N3O3/c1-9(2)5-4-6-10(3)15-12(18)8-7-11-13(19)17-14(20)16-11/h9-11H,4-8H2,1-3H3,(H,15,18)(H2,16,17,19,20)/t10-,11+/m1/s1. The molecule has 0 spiro atoms. The molecule has 6 nitrogen and oxygen atoms in total. The van der Waals surface area contributed by atoms with Crippen LogP contribution in [0.2, 0.25) is 0 Å². The van der Waals surface area contributed by atoms with E-state index < -0.39 is 12.1 Å². The largest absolute Gasteiger partial charge is 0.354 e. The number of rotatable bonds is 8. The topological polar surface area (TPSA) is 87.3 Å². The third kappa shape index (κ3) is 6.04. The van der Waals surface area contributed by atoms with Crippen molar-refractivity contribution in [1.29, 1.82) is 0 Å².